The van der Waals surface area contributed by atoms with Crippen LogP contribution in [0.25, 0.3) is 0 Å². The number of likely N-dealkylation sites (tertiary alicyclic amines) is 2. The molecule has 0 bridgehead atoms. The summed E-state index contributed by atoms with van der Waals surface area (Å²) in [5.74, 6) is 0.889. The molecule has 0 atom stereocenters. The van der Waals surface area contributed by atoms with Crippen LogP contribution < -0.4 is 5.73 Å². The molecule has 130 valence electrons. The molecule has 3 rings (SSSR count). The van der Waals surface area contributed by atoms with Crippen molar-refractivity contribution < 1.29 is 9.59 Å². The topological polar surface area (TPSA) is 66.6 Å². The first-order chi connectivity index (χ1) is 11.5. The summed E-state index contributed by atoms with van der Waals surface area (Å²) in [4.78, 5) is 28.6. The van der Waals surface area contributed by atoms with Crippen molar-refractivity contribution in [2.45, 2.75) is 39.0 Å². The van der Waals surface area contributed by atoms with E-state index >= 15 is 0 Å². The third-order valence-electron chi connectivity index (χ3n) is 5.29. The number of aryl methyl sites for hydroxylation is 1. The summed E-state index contributed by atoms with van der Waals surface area (Å²) in [7, 11) is 0. The molecule has 2 heterocycles. The van der Waals surface area contributed by atoms with Crippen LogP contribution in [-0.4, -0.2) is 47.8 Å². The summed E-state index contributed by atoms with van der Waals surface area (Å²) < 4.78 is 0. The summed E-state index contributed by atoms with van der Waals surface area (Å²) in [5.41, 5.74) is 8.13. The Kier molecular flexibility index (Phi) is 5.07. The van der Waals surface area contributed by atoms with Crippen LogP contribution in [0.5, 0.6) is 0 Å². The Morgan fingerprint density at radius 1 is 1.21 bits per heavy atom. The lowest BCUT2D eigenvalue weighted by Gasteiger charge is -2.36. The Bertz CT molecular complexity index is 621. The Balaban J connectivity index is 1.55. The summed E-state index contributed by atoms with van der Waals surface area (Å²) in [6.07, 6.45) is 4.79. The Morgan fingerprint density at radius 3 is 2.67 bits per heavy atom. The molecule has 1 aromatic carbocycles. The van der Waals surface area contributed by atoms with Crippen molar-refractivity contribution in [2.75, 3.05) is 31.9 Å². The van der Waals surface area contributed by atoms with Crippen LogP contribution in [0.15, 0.2) is 18.2 Å². The van der Waals surface area contributed by atoms with Crippen molar-refractivity contribution in [1.29, 1.82) is 0 Å². The number of benzene rings is 1. The van der Waals surface area contributed by atoms with Gasteiger partial charge >= 0.3 is 0 Å². The van der Waals surface area contributed by atoms with E-state index in [1.807, 2.05) is 28.9 Å². The molecule has 2 fully saturated rings. The maximum Gasteiger partial charge on any atom is 0.254 e. The van der Waals surface area contributed by atoms with Gasteiger partial charge < -0.3 is 15.5 Å². The fraction of sp³-hybridized carbons (Fsp3) is 0.579. The van der Waals surface area contributed by atoms with Gasteiger partial charge in [0.1, 0.15) is 0 Å². The number of hydrogen-bond acceptors (Lipinski definition) is 3. The van der Waals surface area contributed by atoms with E-state index in [-0.39, 0.29) is 5.91 Å². The highest BCUT2D eigenvalue weighted by molar-refractivity contribution is 5.96. The number of hydrogen-bond donors (Lipinski definition) is 1. The van der Waals surface area contributed by atoms with Gasteiger partial charge in [-0.2, -0.15) is 0 Å². The summed E-state index contributed by atoms with van der Waals surface area (Å²) in [6.45, 7) is 5.24. The molecule has 0 saturated carbocycles. The van der Waals surface area contributed by atoms with Gasteiger partial charge in [-0.15, -0.1) is 0 Å². The Labute approximate surface area is 143 Å². The number of nitrogen functional groups attached to an aromatic ring is 1. The maximum absolute atomic E-state index is 12.7. The SMILES string of the molecule is Cc1ccc(N)cc1C(=O)N1CCC(CN2CCCCC2=O)CC1. The second-order valence-electron chi connectivity index (χ2n) is 7.11. The number of rotatable bonds is 3. The minimum Gasteiger partial charge on any atom is -0.399 e. The fourth-order valence-corrected chi connectivity index (χ4v) is 3.73. The van der Waals surface area contributed by atoms with Crippen molar-refractivity contribution in [3.05, 3.63) is 29.3 Å². The molecule has 0 aliphatic carbocycles. The zero-order chi connectivity index (χ0) is 17.1. The molecule has 2 N–H and O–H groups in total. The van der Waals surface area contributed by atoms with E-state index in [1.54, 1.807) is 6.07 Å². The van der Waals surface area contributed by atoms with Gasteiger partial charge in [0.2, 0.25) is 5.91 Å². The van der Waals surface area contributed by atoms with E-state index in [4.69, 9.17) is 5.73 Å². The third-order valence-corrected chi connectivity index (χ3v) is 5.29. The number of nitrogens with zero attached hydrogens (tertiary/aromatic N) is 2. The molecule has 0 spiro atoms. The van der Waals surface area contributed by atoms with Gasteiger partial charge in [-0.25, -0.2) is 0 Å². The second kappa shape index (κ2) is 7.24. The monoisotopic (exact) mass is 329 g/mol. The number of amides is 2. The van der Waals surface area contributed by atoms with E-state index in [0.717, 1.165) is 57.4 Å². The van der Waals surface area contributed by atoms with Gasteiger partial charge in [0, 0.05) is 43.9 Å². The number of carbonyl (C=O) groups is 2. The van der Waals surface area contributed by atoms with Crippen molar-refractivity contribution in [1.82, 2.24) is 9.80 Å². The lowest BCUT2D eigenvalue weighted by atomic mass is 9.94. The van der Waals surface area contributed by atoms with Crippen LogP contribution in [0.2, 0.25) is 0 Å². The predicted molar refractivity (Wildman–Crippen MR) is 94.6 cm³/mol. The fourth-order valence-electron chi connectivity index (χ4n) is 3.73. The van der Waals surface area contributed by atoms with E-state index in [9.17, 15) is 9.59 Å². The highest BCUT2D eigenvalue weighted by atomic mass is 16.2. The van der Waals surface area contributed by atoms with Gasteiger partial charge in [0.25, 0.3) is 5.91 Å². The molecular formula is C19H27N3O2. The minimum absolute atomic E-state index is 0.0762. The molecule has 2 amide bonds. The summed E-state index contributed by atoms with van der Waals surface area (Å²) in [6, 6.07) is 5.50. The standard InChI is InChI=1S/C19H27N3O2/c1-14-5-6-16(20)12-17(14)19(24)21-10-7-15(8-11-21)13-22-9-3-2-4-18(22)23/h5-6,12,15H,2-4,7-11,13,20H2,1H3. The van der Waals surface area contributed by atoms with Crippen molar-refractivity contribution >= 4 is 17.5 Å². The first-order valence-corrected chi connectivity index (χ1v) is 8.98. The Hall–Kier alpha value is -2.04. The quantitative estimate of drug-likeness (QED) is 0.866. The van der Waals surface area contributed by atoms with Crippen LogP contribution in [-0.2, 0) is 4.79 Å². The molecule has 5 heteroatoms. The van der Waals surface area contributed by atoms with E-state index in [2.05, 4.69) is 0 Å². The lowest BCUT2D eigenvalue weighted by Crippen LogP contribution is -2.44. The number of piperidine rings is 2. The van der Waals surface area contributed by atoms with Crippen LogP contribution >= 0.6 is 0 Å². The normalized spacial score (nSPS) is 19.6. The average Bonchev–Trinajstić information content (AvgIpc) is 2.59. The van der Waals surface area contributed by atoms with E-state index in [1.165, 1.54) is 0 Å². The molecule has 2 aliphatic heterocycles. The smallest absolute Gasteiger partial charge is 0.254 e. The number of carbonyl (C=O) groups excluding carboxylic acids is 2. The molecular weight excluding hydrogens is 302 g/mol. The highest BCUT2D eigenvalue weighted by Gasteiger charge is 2.27. The van der Waals surface area contributed by atoms with Gasteiger partial charge in [-0.3, -0.25) is 9.59 Å². The lowest BCUT2D eigenvalue weighted by molar-refractivity contribution is -0.134. The van der Waals surface area contributed by atoms with Crippen molar-refractivity contribution in [2.24, 2.45) is 5.92 Å². The average molecular weight is 329 g/mol. The van der Waals surface area contributed by atoms with E-state index < -0.39 is 0 Å². The van der Waals surface area contributed by atoms with Crippen LogP contribution in [0.1, 0.15) is 48.0 Å². The maximum atomic E-state index is 12.7. The van der Waals surface area contributed by atoms with Crippen LogP contribution in [0.3, 0.4) is 0 Å². The van der Waals surface area contributed by atoms with Gasteiger partial charge in [0.05, 0.1) is 0 Å². The summed E-state index contributed by atoms with van der Waals surface area (Å²) in [5, 5.41) is 0. The minimum atomic E-state index is 0.0762. The zero-order valence-electron chi connectivity index (χ0n) is 14.5. The van der Waals surface area contributed by atoms with E-state index in [0.29, 0.717) is 29.5 Å². The van der Waals surface area contributed by atoms with Crippen LogP contribution in [0.4, 0.5) is 5.69 Å². The van der Waals surface area contributed by atoms with Crippen molar-refractivity contribution in [3.63, 3.8) is 0 Å². The molecule has 0 unspecified atom stereocenters. The molecule has 5 nitrogen and oxygen atoms in total. The summed E-state index contributed by atoms with van der Waals surface area (Å²) >= 11 is 0. The van der Waals surface area contributed by atoms with Crippen LogP contribution in [0, 0.1) is 12.8 Å². The molecule has 2 aliphatic rings. The second-order valence-corrected chi connectivity index (χ2v) is 7.11. The first-order valence-electron chi connectivity index (χ1n) is 8.98. The molecule has 0 radical (unpaired) electrons. The molecule has 2 saturated heterocycles. The third kappa shape index (κ3) is 3.71. The zero-order valence-corrected chi connectivity index (χ0v) is 14.5. The highest BCUT2D eigenvalue weighted by Crippen LogP contribution is 2.23. The largest absolute Gasteiger partial charge is 0.399 e. The van der Waals surface area contributed by atoms with Crippen molar-refractivity contribution in [3.8, 4) is 0 Å². The van der Waals surface area contributed by atoms with Gasteiger partial charge in [0.15, 0.2) is 0 Å². The molecule has 0 aromatic heterocycles. The molecule has 24 heavy (non-hydrogen) atoms. The van der Waals surface area contributed by atoms with Gasteiger partial charge in [-0.05, 0) is 56.2 Å². The predicted octanol–water partition coefficient (Wildman–Crippen LogP) is 2.44. The number of nitrogens with two attached hydrogens (primary N) is 1. The first kappa shape index (κ1) is 16.8. The Morgan fingerprint density at radius 2 is 1.96 bits per heavy atom. The molecule has 1 aromatic rings. The van der Waals surface area contributed by atoms with Gasteiger partial charge in [-0.1, -0.05) is 6.07 Å². The number of anilines is 1.